The normalized spacial score (nSPS) is 18.9. The van der Waals surface area contributed by atoms with Crippen molar-refractivity contribution in [2.75, 3.05) is 18.0 Å². The van der Waals surface area contributed by atoms with Crippen LogP contribution in [0.3, 0.4) is 0 Å². The van der Waals surface area contributed by atoms with Crippen LogP contribution in [-0.2, 0) is 45.5 Å². The van der Waals surface area contributed by atoms with Gasteiger partial charge in [-0.1, -0.05) is 31.4 Å². The number of imide groups is 1. The van der Waals surface area contributed by atoms with Gasteiger partial charge in [0, 0.05) is 37.2 Å². The van der Waals surface area contributed by atoms with E-state index in [-0.39, 0.29) is 47.7 Å². The van der Waals surface area contributed by atoms with E-state index in [0.29, 0.717) is 57.3 Å². The SMILES string of the molecule is CCN(C(=O)Cn1c(C(=O)NC2CCC(C(=O)NCCCCCCCC(=O)ON3C(=O)CC(S(=O)(=O)O)C3=O)CC2)cc2sccc21)c1cccc(C)c1. The molecular formula is C37H47N5O10S2. The molecule has 54 heavy (non-hydrogen) atoms. The van der Waals surface area contributed by atoms with Crippen molar-refractivity contribution >= 4 is 72.9 Å². The second-order valence-corrected chi connectivity index (χ2v) is 16.3. The molecule has 1 unspecified atom stereocenters. The fraction of sp³-hybridized carbons (Fsp3) is 0.514. The van der Waals surface area contributed by atoms with Gasteiger partial charge in [-0.05, 0) is 87.6 Å². The van der Waals surface area contributed by atoms with Crippen molar-refractivity contribution in [2.24, 2.45) is 5.92 Å². The van der Waals surface area contributed by atoms with Crippen LogP contribution in [-0.4, -0.2) is 82.5 Å². The Morgan fingerprint density at radius 1 is 1.00 bits per heavy atom. The number of nitrogens with zero attached hydrogens (tertiary/aromatic N) is 3. The first-order valence-corrected chi connectivity index (χ1v) is 20.7. The van der Waals surface area contributed by atoms with E-state index in [9.17, 15) is 37.2 Å². The van der Waals surface area contributed by atoms with Gasteiger partial charge < -0.3 is 24.9 Å². The number of anilines is 1. The van der Waals surface area contributed by atoms with Gasteiger partial charge in [-0.15, -0.1) is 16.4 Å². The molecule has 15 nitrogen and oxygen atoms in total. The third kappa shape index (κ3) is 10.1. The van der Waals surface area contributed by atoms with E-state index in [1.54, 1.807) is 9.47 Å². The first kappa shape index (κ1) is 40.6. The Morgan fingerprint density at radius 2 is 1.72 bits per heavy atom. The molecule has 2 fully saturated rings. The van der Waals surface area contributed by atoms with Crippen molar-refractivity contribution < 1.29 is 46.6 Å². The van der Waals surface area contributed by atoms with Gasteiger partial charge in [0.15, 0.2) is 5.25 Å². The number of carbonyl (C=O) groups excluding carboxylic acids is 6. The lowest BCUT2D eigenvalue weighted by Crippen LogP contribution is -2.42. The molecule has 2 aliphatic rings. The average molecular weight is 786 g/mol. The summed E-state index contributed by atoms with van der Waals surface area (Å²) < 4.78 is 34.2. The van der Waals surface area contributed by atoms with Crippen LogP contribution in [0.2, 0.25) is 0 Å². The largest absolute Gasteiger partial charge is 0.356 e. The number of benzene rings is 1. The predicted octanol–water partition coefficient (Wildman–Crippen LogP) is 4.28. The minimum atomic E-state index is -4.78. The van der Waals surface area contributed by atoms with E-state index >= 15 is 0 Å². The van der Waals surface area contributed by atoms with Crippen LogP contribution in [0.25, 0.3) is 10.2 Å². The number of hydrogen-bond acceptors (Lipinski definition) is 10. The molecule has 3 aromatic rings. The molecule has 0 bridgehead atoms. The maximum absolute atomic E-state index is 13.6. The van der Waals surface area contributed by atoms with Crippen LogP contribution in [0, 0.1) is 12.8 Å². The van der Waals surface area contributed by atoms with Gasteiger partial charge in [0.2, 0.25) is 11.8 Å². The Kier molecular flexibility index (Phi) is 13.6. The van der Waals surface area contributed by atoms with Crippen LogP contribution in [0.5, 0.6) is 0 Å². The van der Waals surface area contributed by atoms with Gasteiger partial charge in [-0.2, -0.15) is 8.42 Å². The van der Waals surface area contributed by atoms with Gasteiger partial charge >= 0.3 is 5.97 Å². The molecule has 3 heterocycles. The second-order valence-electron chi connectivity index (χ2n) is 13.8. The van der Waals surface area contributed by atoms with E-state index in [0.717, 1.165) is 40.7 Å². The third-order valence-corrected chi connectivity index (χ3v) is 11.8. The van der Waals surface area contributed by atoms with E-state index in [4.69, 9.17) is 9.39 Å². The lowest BCUT2D eigenvalue weighted by Gasteiger charge is -2.28. The number of aryl methyl sites for hydroxylation is 1. The maximum atomic E-state index is 13.6. The molecule has 292 valence electrons. The van der Waals surface area contributed by atoms with Gasteiger partial charge in [-0.3, -0.25) is 28.5 Å². The summed E-state index contributed by atoms with van der Waals surface area (Å²) in [4.78, 5) is 82.3. The highest BCUT2D eigenvalue weighted by atomic mass is 32.2. The Labute approximate surface area is 318 Å². The highest BCUT2D eigenvalue weighted by molar-refractivity contribution is 7.87. The highest BCUT2D eigenvalue weighted by Crippen LogP contribution is 2.28. The smallest absolute Gasteiger partial charge is 0.333 e. The minimum absolute atomic E-state index is 0.00789. The number of rotatable bonds is 17. The van der Waals surface area contributed by atoms with Gasteiger partial charge in [0.1, 0.15) is 12.2 Å². The third-order valence-electron chi connectivity index (χ3n) is 9.88. The summed E-state index contributed by atoms with van der Waals surface area (Å²) in [7, 11) is -4.78. The zero-order valence-electron chi connectivity index (χ0n) is 30.5. The summed E-state index contributed by atoms with van der Waals surface area (Å²) in [6.45, 7) is 4.95. The molecule has 1 aliphatic carbocycles. The molecule has 5 rings (SSSR count). The summed E-state index contributed by atoms with van der Waals surface area (Å²) in [6.07, 6.45) is 5.19. The summed E-state index contributed by atoms with van der Waals surface area (Å²) in [6, 6.07) is 11.5. The zero-order chi connectivity index (χ0) is 39.0. The van der Waals surface area contributed by atoms with E-state index in [1.165, 1.54) is 11.3 Å². The van der Waals surface area contributed by atoms with Crippen molar-refractivity contribution in [3.8, 4) is 0 Å². The molecule has 1 aliphatic heterocycles. The molecule has 2 aromatic heterocycles. The van der Waals surface area contributed by atoms with Crippen LogP contribution >= 0.6 is 11.3 Å². The molecule has 5 amide bonds. The van der Waals surface area contributed by atoms with Crippen molar-refractivity contribution in [1.82, 2.24) is 20.3 Å². The molecule has 1 aromatic carbocycles. The van der Waals surface area contributed by atoms with E-state index < -0.39 is 39.6 Å². The van der Waals surface area contributed by atoms with Crippen LogP contribution < -0.4 is 15.5 Å². The number of aromatic nitrogens is 1. The Bertz CT molecular complexity index is 1980. The average Bonchev–Trinajstić information content (AvgIpc) is 3.81. The number of hydrogen-bond donors (Lipinski definition) is 3. The van der Waals surface area contributed by atoms with Crippen molar-refractivity contribution in [3.63, 3.8) is 0 Å². The van der Waals surface area contributed by atoms with Crippen LogP contribution in [0.1, 0.15) is 93.6 Å². The predicted molar refractivity (Wildman–Crippen MR) is 201 cm³/mol. The number of amides is 5. The lowest BCUT2D eigenvalue weighted by atomic mass is 9.85. The first-order chi connectivity index (χ1) is 25.8. The van der Waals surface area contributed by atoms with Gasteiger partial charge in [-0.25, -0.2) is 4.79 Å². The topological polar surface area (TPSA) is 201 Å². The van der Waals surface area contributed by atoms with Crippen molar-refractivity contribution in [3.05, 3.63) is 53.0 Å². The molecule has 0 radical (unpaired) electrons. The summed E-state index contributed by atoms with van der Waals surface area (Å²) in [5, 5.41) is 6.24. The van der Waals surface area contributed by atoms with Crippen molar-refractivity contribution in [2.45, 2.75) is 102 Å². The fourth-order valence-corrected chi connectivity index (χ4v) is 8.48. The molecule has 1 saturated heterocycles. The fourth-order valence-electron chi connectivity index (χ4n) is 6.95. The first-order valence-electron chi connectivity index (χ1n) is 18.3. The molecule has 3 N–H and O–H groups in total. The highest BCUT2D eigenvalue weighted by Gasteiger charge is 2.48. The maximum Gasteiger partial charge on any atom is 0.333 e. The summed E-state index contributed by atoms with van der Waals surface area (Å²) in [5.74, 6) is -3.64. The number of thiophene rings is 1. The van der Waals surface area contributed by atoms with Crippen LogP contribution in [0.4, 0.5) is 5.69 Å². The van der Waals surface area contributed by atoms with Gasteiger partial charge in [0.25, 0.3) is 27.8 Å². The Hall–Kier alpha value is -4.61. The summed E-state index contributed by atoms with van der Waals surface area (Å²) in [5.41, 5.74) is 3.16. The molecule has 0 spiro atoms. The standard InChI is InChI=1S/C37H47N5O10S2/c1-3-40(27-11-9-10-24(2)20-27)33(44)23-41-28-17-19-53-30(28)21-29(41)36(47)39-26-15-13-25(14-16-26)35(46)38-18-8-6-4-5-7-12-34(45)52-42-32(43)22-31(37(42)48)54(49,50)51/h9-11,17,19-21,25-26,31H,3-8,12-16,18,22-23H2,1-2H3,(H,38,46)(H,39,47)(H,49,50,51). The molecule has 17 heteroatoms. The van der Waals surface area contributed by atoms with Crippen LogP contribution in [0.15, 0.2) is 41.8 Å². The van der Waals surface area contributed by atoms with Gasteiger partial charge in [0.05, 0.1) is 16.6 Å². The summed E-state index contributed by atoms with van der Waals surface area (Å²) >= 11 is 1.52. The number of unbranched alkanes of at least 4 members (excludes halogenated alkanes) is 4. The lowest BCUT2D eigenvalue weighted by molar-refractivity contribution is -0.197. The number of likely N-dealkylation sites (N-methyl/N-ethyl adjacent to an activating group) is 1. The van der Waals surface area contributed by atoms with Crippen molar-refractivity contribution in [1.29, 1.82) is 0 Å². The number of nitrogens with one attached hydrogen (secondary N) is 2. The molecular weight excluding hydrogens is 739 g/mol. The monoisotopic (exact) mass is 785 g/mol. The second kappa shape index (κ2) is 18.1. The quantitative estimate of drug-likeness (QED) is 0.101. The minimum Gasteiger partial charge on any atom is -0.356 e. The Balaban J connectivity index is 0.983. The van der Waals surface area contributed by atoms with E-state index in [1.807, 2.05) is 55.6 Å². The number of hydroxylamine groups is 2. The number of carbonyl (C=O) groups is 6. The van der Waals surface area contributed by atoms with E-state index in [2.05, 4.69) is 10.6 Å². The molecule has 1 saturated carbocycles. The zero-order valence-corrected chi connectivity index (χ0v) is 32.1. The molecule has 1 atom stereocenters. The Morgan fingerprint density at radius 3 is 2.41 bits per heavy atom. The number of fused-ring (bicyclic) bond motifs is 1.